The van der Waals surface area contributed by atoms with E-state index in [0.29, 0.717) is 6.61 Å². The van der Waals surface area contributed by atoms with Crippen LogP contribution in [-0.2, 0) is 9.48 Å². The Labute approximate surface area is 201 Å². The average Bonchev–Trinajstić information content (AvgIpc) is 3.06. The summed E-state index contributed by atoms with van der Waals surface area (Å²) in [6.45, 7) is 8.54. The minimum Gasteiger partial charge on any atom is -0.367 e. The fourth-order valence-electron chi connectivity index (χ4n) is 3.57. The van der Waals surface area contributed by atoms with E-state index in [2.05, 4.69) is 96.2 Å². The number of aliphatic hydroxyl groups excluding tert-OH is 1. The van der Waals surface area contributed by atoms with Crippen molar-refractivity contribution >= 4 is 27.7 Å². The zero-order valence-corrected chi connectivity index (χ0v) is 21.1. The summed E-state index contributed by atoms with van der Waals surface area (Å²) in [6.07, 6.45) is 18.4. The lowest BCUT2D eigenvalue weighted by atomic mass is 9.83. The molecule has 0 radical (unpaired) electrons. The standard InChI is InChI=1S/C27H35BrO2S/c1-4-5-9-15-22(2)27(25-18-12-8-13-19-25,24-16-10-6-7-11-17-24)31-21-14-20-30-26(29)23(3)28/h4,6,8,10-13,15-19,23,26,29H,1,5,7,9,14,20-21H2,2-3H3/b22-15+. The number of benzene rings is 1. The van der Waals surface area contributed by atoms with Crippen molar-refractivity contribution in [2.45, 2.75) is 55.4 Å². The smallest absolute Gasteiger partial charge is 0.166 e. The van der Waals surface area contributed by atoms with Gasteiger partial charge in [-0.1, -0.05) is 94.4 Å². The maximum absolute atomic E-state index is 9.89. The van der Waals surface area contributed by atoms with Gasteiger partial charge >= 0.3 is 0 Å². The minimum atomic E-state index is -0.776. The molecule has 0 heterocycles. The van der Waals surface area contributed by atoms with Crippen LogP contribution < -0.4 is 0 Å². The Kier molecular flexibility index (Phi) is 11.7. The van der Waals surface area contributed by atoms with Gasteiger partial charge in [0.05, 0.1) is 16.2 Å². The predicted octanol–water partition coefficient (Wildman–Crippen LogP) is 7.48. The first-order chi connectivity index (χ1) is 15.0. The Balaban J connectivity index is 2.35. The Bertz CT molecular complexity index is 795. The van der Waals surface area contributed by atoms with Crippen LogP contribution in [-0.4, -0.2) is 28.6 Å². The summed E-state index contributed by atoms with van der Waals surface area (Å²) in [5.41, 5.74) is 3.92. The summed E-state index contributed by atoms with van der Waals surface area (Å²) in [5.74, 6) is 0.916. The first-order valence-electron chi connectivity index (χ1n) is 11.0. The van der Waals surface area contributed by atoms with Crippen LogP contribution in [0.3, 0.4) is 0 Å². The van der Waals surface area contributed by atoms with E-state index in [4.69, 9.17) is 4.74 Å². The van der Waals surface area contributed by atoms with Crippen molar-refractivity contribution < 1.29 is 9.84 Å². The van der Waals surface area contributed by atoms with Crippen LogP contribution in [0.25, 0.3) is 0 Å². The Morgan fingerprint density at radius 1 is 1.29 bits per heavy atom. The SMILES string of the molecule is C=CCC/C=C(\C)C(SCCCOC(O)C(C)Br)(C1=CC=CCC=C1)c1ccccc1. The Hall–Kier alpha value is -1.33. The molecule has 1 N–H and O–H groups in total. The number of unbranched alkanes of at least 4 members (excludes halogenated alkanes) is 1. The molecule has 0 amide bonds. The third kappa shape index (κ3) is 7.64. The number of allylic oxidation sites excluding steroid dienone is 7. The van der Waals surface area contributed by atoms with E-state index in [1.54, 1.807) is 0 Å². The van der Waals surface area contributed by atoms with E-state index in [1.807, 2.05) is 24.8 Å². The molecule has 0 aromatic heterocycles. The third-order valence-corrected chi connectivity index (χ3v) is 7.41. The van der Waals surface area contributed by atoms with Gasteiger partial charge in [0.2, 0.25) is 0 Å². The van der Waals surface area contributed by atoms with Crippen molar-refractivity contribution in [3.05, 3.63) is 96.2 Å². The summed E-state index contributed by atoms with van der Waals surface area (Å²) in [4.78, 5) is -0.0772. The molecule has 1 aliphatic rings. The van der Waals surface area contributed by atoms with E-state index >= 15 is 0 Å². The molecule has 2 rings (SSSR count). The van der Waals surface area contributed by atoms with E-state index in [1.165, 1.54) is 16.7 Å². The summed E-state index contributed by atoms with van der Waals surface area (Å²) in [7, 11) is 0. The van der Waals surface area contributed by atoms with Crippen molar-refractivity contribution in [2.75, 3.05) is 12.4 Å². The predicted molar refractivity (Wildman–Crippen MR) is 140 cm³/mol. The lowest BCUT2D eigenvalue weighted by molar-refractivity contribution is -0.0944. The van der Waals surface area contributed by atoms with Gasteiger partial charge in [-0.2, -0.15) is 0 Å². The number of thioether (sulfide) groups is 1. The number of ether oxygens (including phenoxy) is 1. The van der Waals surface area contributed by atoms with Gasteiger partial charge in [0.1, 0.15) is 0 Å². The van der Waals surface area contributed by atoms with E-state index in [-0.39, 0.29) is 9.57 Å². The number of rotatable bonds is 13. The maximum atomic E-state index is 9.89. The molecule has 2 nitrogen and oxygen atoms in total. The molecule has 0 fully saturated rings. The molecule has 0 aliphatic heterocycles. The molecule has 168 valence electrons. The molecule has 4 heteroatoms. The number of alkyl halides is 1. The first-order valence-corrected chi connectivity index (χ1v) is 12.9. The summed E-state index contributed by atoms with van der Waals surface area (Å²) < 4.78 is 5.29. The highest BCUT2D eigenvalue weighted by molar-refractivity contribution is 9.09. The van der Waals surface area contributed by atoms with Crippen molar-refractivity contribution in [2.24, 2.45) is 0 Å². The highest BCUT2D eigenvalue weighted by Gasteiger charge is 2.37. The van der Waals surface area contributed by atoms with Gasteiger partial charge < -0.3 is 9.84 Å². The zero-order valence-electron chi connectivity index (χ0n) is 18.7. The van der Waals surface area contributed by atoms with Crippen LogP contribution in [0.5, 0.6) is 0 Å². The fourth-order valence-corrected chi connectivity index (χ4v) is 5.21. The van der Waals surface area contributed by atoms with Crippen molar-refractivity contribution in [3.63, 3.8) is 0 Å². The Morgan fingerprint density at radius 3 is 2.77 bits per heavy atom. The quantitative estimate of drug-likeness (QED) is 0.131. The topological polar surface area (TPSA) is 29.5 Å². The van der Waals surface area contributed by atoms with E-state index in [0.717, 1.165) is 31.4 Å². The highest BCUT2D eigenvalue weighted by Crippen LogP contribution is 2.50. The second kappa shape index (κ2) is 13.9. The molecule has 0 spiro atoms. The summed E-state index contributed by atoms with van der Waals surface area (Å²) in [5, 5.41) is 9.89. The monoisotopic (exact) mass is 502 g/mol. The largest absolute Gasteiger partial charge is 0.367 e. The average molecular weight is 504 g/mol. The molecule has 1 aromatic carbocycles. The third-order valence-electron chi connectivity index (χ3n) is 5.23. The number of halogens is 1. The van der Waals surface area contributed by atoms with Crippen LogP contribution >= 0.6 is 27.7 Å². The number of hydrogen-bond donors (Lipinski definition) is 1. The molecule has 0 bridgehead atoms. The van der Waals surface area contributed by atoms with Gasteiger partial charge in [0, 0.05) is 0 Å². The molecule has 0 saturated carbocycles. The van der Waals surface area contributed by atoms with Gasteiger partial charge in [0.25, 0.3) is 0 Å². The van der Waals surface area contributed by atoms with Crippen LogP contribution in [0.1, 0.15) is 45.1 Å². The van der Waals surface area contributed by atoms with Crippen molar-refractivity contribution in [1.29, 1.82) is 0 Å². The van der Waals surface area contributed by atoms with Crippen LogP contribution in [0.4, 0.5) is 0 Å². The lowest BCUT2D eigenvalue weighted by Gasteiger charge is -2.37. The second-order valence-electron chi connectivity index (χ2n) is 7.63. The normalized spacial score (nSPS) is 18.1. The molecule has 3 unspecified atom stereocenters. The van der Waals surface area contributed by atoms with E-state index in [9.17, 15) is 5.11 Å². The minimum absolute atomic E-state index is 0.0772. The molecule has 1 aliphatic carbocycles. The molecule has 1 aromatic rings. The van der Waals surface area contributed by atoms with Gasteiger partial charge in [-0.3, -0.25) is 0 Å². The van der Waals surface area contributed by atoms with Gasteiger partial charge in [-0.25, -0.2) is 0 Å². The van der Waals surface area contributed by atoms with Gasteiger partial charge in [0.15, 0.2) is 6.29 Å². The Morgan fingerprint density at radius 2 is 2.06 bits per heavy atom. The lowest BCUT2D eigenvalue weighted by Crippen LogP contribution is -2.27. The zero-order chi connectivity index (χ0) is 22.5. The summed E-state index contributed by atoms with van der Waals surface area (Å²) >= 11 is 5.31. The maximum Gasteiger partial charge on any atom is 0.166 e. The van der Waals surface area contributed by atoms with Crippen molar-refractivity contribution in [1.82, 2.24) is 0 Å². The number of hydrogen-bond acceptors (Lipinski definition) is 3. The second-order valence-corrected chi connectivity index (χ2v) is 10.4. The molecule has 3 atom stereocenters. The number of aliphatic hydroxyl groups is 1. The van der Waals surface area contributed by atoms with Gasteiger partial charge in [-0.15, -0.1) is 18.3 Å². The molecular formula is C27H35BrO2S. The van der Waals surface area contributed by atoms with Crippen molar-refractivity contribution in [3.8, 4) is 0 Å². The molecule has 31 heavy (non-hydrogen) atoms. The van der Waals surface area contributed by atoms with Crippen LogP contribution in [0.2, 0.25) is 0 Å². The van der Waals surface area contributed by atoms with Gasteiger partial charge in [-0.05, 0) is 56.4 Å². The first kappa shape index (κ1) is 25.9. The molecule has 0 saturated heterocycles. The van der Waals surface area contributed by atoms with Crippen LogP contribution in [0, 0.1) is 0 Å². The fraction of sp³-hybridized carbons (Fsp3) is 0.407. The summed E-state index contributed by atoms with van der Waals surface area (Å²) in [6, 6.07) is 10.8. The molecular weight excluding hydrogens is 468 g/mol. The van der Waals surface area contributed by atoms with Crippen LogP contribution in [0.15, 0.2) is 90.6 Å². The van der Waals surface area contributed by atoms with E-state index < -0.39 is 6.29 Å². The highest BCUT2D eigenvalue weighted by atomic mass is 79.9.